The lowest BCUT2D eigenvalue weighted by Gasteiger charge is -2.25. The zero-order valence-electron chi connectivity index (χ0n) is 8.55. The molecule has 0 unspecified atom stereocenters. The molecular formula is C10H18N2S. The van der Waals surface area contributed by atoms with Crippen LogP contribution in [0.3, 0.4) is 0 Å². The zero-order chi connectivity index (χ0) is 9.73. The smallest absolute Gasteiger partial charge is 0.0305 e. The standard InChI is InChI=1S/C10H18N2S/c1-10(2,8-11-3)12-7-9-5-4-6-13-9/h4-6,11-12H,7-8H2,1-3H3. The highest BCUT2D eigenvalue weighted by Crippen LogP contribution is 2.10. The molecule has 2 N–H and O–H groups in total. The quantitative estimate of drug-likeness (QED) is 0.754. The fourth-order valence-corrected chi connectivity index (χ4v) is 1.89. The molecule has 0 bridgehead atoms. The third kappa shape index (κ3) is 3.89. The fraction of sp³-hybridized carbons (Fsp3) is 0.600. The first kappa shape index (κ1) is 10.7. The molecule has 0 spiro atoms. The highest BCUT2D eigenvalue weighted by Gasteiger charge is 2.14. The van der Waals surface area contributed by atoms with Gasteiger partial charge in [0.05, 0.1) is 0 Å². The van der Waals surface area contributed by atoms with Crippen molar-refractivity contribution in [3.63, 3.8) is 0 Å². The van der Waals surface area contributed by atoms with E-state index in [4.69, 9.17) is 0 Å². The molecule has 0 fully saturated rings. The summed E-state index contributed by atoms with van der Waals surface area (Å²) in [6.45, 7) is 6.36. The van der Waals surface area contributed by atoms with E-state index in [1.54, 1.807) is 11.3 Å². The Balaban J connectivity index is 2.33. The summed E-state index contributed by atoms with van der Waals surface area (Å²) in [6, 6.07) is 4.25. The Hall–Kier alpha value is -0.380. The Labute approximate surface area is 84.4 Å². The molecule has 0 saturated heterocycles. The molecule has 74 valence electrons. The summed E-state index contributed by atoms with van der Waals surface area (Å²) in [5, 5.41) is 8.80. The summed E-state index contributed by atoms with van der Waals surface area (Å²) < 4.78 is 0. The first-order valence-electron chi connectivity index (χ1n) is 4.56. The van der Waals surface area contributed by atoms with Gasteiger partial charge in [-0.25, -0.2) is 0 Å². The van der Waals surface area contributed by atoms with Gasteiger partial charge in [-0.2, -0.15) is 0 Å². The molecule has 0 aromatic carbocycles. The van der Waals surface area contributed by atoms with Crippen LogP contribution >= 0.6 is 11.3 Å². The first-order valence-corrected chi connectivity index (χ1v) is 5.44. The predicted molar refractivity (Wildman–Crippen MR) is 59.2 cm³/mol. The normalized spacial score (nSPS) is 11.9. The molecule has 0 aliphatic carbocycles. The fourth-order valence-electron chi connectivity index (χ4n) is 1.24. The van der Waals surface area contributed by atoms with E-state index in [0.717, 1.165) is 13.1 Å². The summed E-state index contributed by atoms with van der Waals surface area (Å²) in [6.07, 6.45) is 0. The number of rotatable bonds is 5. The van der Waals surface area contributed by atoms with E-state index in [2.05, 4.69) is 42.0 Å². The van der Waals surface area contributed by atoms with Crippen molar-refractivity contribution in [2.45, 2.75) is 25.9 Å². The molecule has 1 heterocycles. The van der Waals surface area contributed by atoms with Crippen LogP contribution in [0.25, 0.3) is 0 Å². The monoisotopic (exact) mass is 198 g/mol. The molecule has 1 rings (SSSR count). The molecule has 0 aliphatic heterocycles. The maximum Gasteiger partial charge on any atom is 0.0305 e. The highest BCUT2D eigenvalue weighted by atomic mass is 32.1. The predicted octanol–water partition coefficient (Wildman–Crippen LogP) is 1.84. The van der Waals surface area contributed by atoms with Crippen molar-refractivity contribution in [2.75, 3.05) is 13.6 Å². The van der Waals surface area contributed by atoms with Gasteiger partial charge in [0.1, 0.15) is 0 Å². The van der Waals surface area contributed by atoms with E-state index in [9.17, 15) is 0 Å². The van der Waals surface area contributed by atoms with Crippen LogP contribution in [0, 0.1) is 0 Å². The van der Waals surface area contributed by atoms with Crippen molar-refractivity contribution in [3.05, 3.63) is 22.4 Å². The second-order valence-corrected chi connectivity index (χ2v) is 4.88. The lowest BCUT2D eigenvalue weighted by Crippen LogP contribution is -2.46. The van der Waals surface area contributed by atoms with Crippen LogP contribution < -0.4 is 10.6 Å². The van der Waals surface area contributed by atoms with Crippen LogP contribution in [0.5, 0.6) is 0 Å². The van der Waals surface area contributed by atoms with Gasteiger partial charge < -0.3 is 10.6 Å². The number of thiophene rings is 1. The van der Waals surface area contributed by atoms with Crippen molar-refractivity contribution in [1.82, 2.24) is 10.6 Å². The van der Waals surface area contributed by atoms with Gasteiger partial charge in [-0.15, -0.1) is 11.3 Å². The molecule has 0 amide bonds. The maximum absolute atomic E-state index is 3.51. The van der Waals surface area contributed by atoms with E-state index in [0.29, 0.717) is 0 Å². The third-order valence-electron chi connectivity index (χ3n) is 1.94. The molecule has 1 aromatic heterocycles. The SMILES string of the molecule is CNCC(C)(C)NCc1cccs1. The van der Waals surface area contributed by atoms with Crippen molar-refractivity contribution in [3.8, 4) is 0 Å². The Kier molecular flexibility index (Phi) is 3.90. The van der Waals surface area contributed by atoms with Gasteiger partial charge in [0, 0.05) is 23.5 Å². The topological polar surface area (TPSA) is 24.1 Å². The highest BCUT2D eigenvalue weighted by molar-refractivity contribution is 7.09. The van der Waals surface area contributed by atoms with Gasteiger partial charge >= 0.3 is 0 Å². The lowest BCUT2D eigenvalue weighted by atomic mass is 10.1. The Morgan fingerprint density at radius 3 is 2.77 bits per heavy atom. The average molecular weight is 198 g/mol. The van der Waals surface area contributed by atoms with E-state index >= 15 is 0 Å². The van der Waals surface area contributed by atoms with Crippen LogP contribution in [0.15, 0.2) is 17.5 Å². The van der Waals surface area contributed by atoms with Crippen LogP contribution in [0.2, 0.25) is 0 Å². The minimum atomic E-state index is 0.165. The maximum atomic E-state index is 3.51. The third-order valence-corrected chi connectivity index (χ3v) is 2.82. The Bertz CT molecular complexity index is 229. The van der Waals surface area contributed by atoms with Crippen molar-refractivity contribution < 1.29 is 0 Å². The second kappa shape index (κ2) is 4.74. The van der Waals surface area contributed by atoms with E-state index in [-0.39, 0.29) is 5.54 Å². The number of likely N-dealkylation sites (N-methyl/N-ethyl adjacent to an activating group) is 1. The van der Waals surface area contributed by atoms with Gasteiger partial charge in [0.25, 0.3) is 0 Å². The van der Waals surface area contributed by atoms with Gasteiger partial charge in [0.2, 0.25) is 0 Å². The van der Waals surface area contributed by atoms with Crippen LogP contribution in [0.1, 0.15) is 18.7 Å². The van der Waals surface area contributed by atoms with Crippen molar-refractivity contribution in [1.29, 1.82) is 0 Å². The van der Waals surface area contributed by atoms with Gasteiger partial charge in [-0.05, 0) is 32.3 Å². The first-order chi connectivity index (χ1) is 6.14. The summed E-state index contributed by atoms with van der Waals surface area (Å²) in [5.74, 6) is 0. The van der Waals surface area contributed by atoms with Crippen LogP contribution in [-0.4, -0.2) is 19.1 Å². The van der Waals surface area contributed by atoms with E-state index < -0.39 is 0 Å². The number of nitrogens with one attached hydrogen (secondary N) is 2. The van der Waals surface area contributed by atoms with Crippen LogP contribution in [-0.2, 0) is 6.54 Å². The van der Waals surface area contributed by atoms with Crippen molar-refractivity contribution in [2.24, 2.45) is 0 Å². The molecule has 0 saturated carbocycles. The summed E-state index contributed by atoms with van der Waals surface area (Å²) in [5.41, 5.74) is 0.165. The molecule has 0 atom stereocenters. The Morgan fingerprint density at radius 1 is 1.46 bits per heavy atom. The molecule has 2 nitrogen and oxygen atoms in total. The minimum Gasteiger partial charge on any atom is -0.318 e. The van der Waals surface area contributed by atoms with Gasteiger partial charge in [0.15, 0.2) is 0 Å². The lowest BCUT2D eigenvalue weighted by molar-refractivity contribution is 0.375. The van der Waals surface area contributed by atoms with Crippen LogP contribution in [0.4, 0.5) is 0 Å². The van der Waals surface area contributed by atoms with Gasteiger partial charge in [-0.3, -0.25) is 0 Å². The zero-order valence-corrected chi connectivity index (χ0v) is 9.37. The molecule has 13 heavy (non-hydrogen) atoms. The van der Waals surface area contributed by atoms with E-state index in [1.807, 2.05) is 7.05 Å². The molecule has 0 radical (unpaired) electrons. The summed E-state index contributed by atoms with van der Waals surface area (Å²) in [7, 11) is 1.98. The van der Waals surface area contributed by atoms with Crippen molar-refractivity contribution >= 4 is 11.3 Å². The molecule has 3 heteroatoms. The molecular weight excluding hydrogens is 180 g/mol. The minimum absolute atomic E-state index is 0.165. The number of hydrogen-bond donors (Lipinski definition) is 2. The van der Waals surface area contributed by atoms with E-state index in [1.165, 1.54) is 4.88 Å². The summed E-state index contributed by atoms with van der Waals surface area (Å²) in [4.78, 5) is 1.39. The van der Waals surface area contributed by atoms with Gasteiger partial charge in [-0.1, -0.05) is 6.07 Å². The average Bonchev–Trinajstić information content (AvgIpc) is 2.52. The summed E-state index contributed by atoms with van der Waals surface area (Å²) >= 11 is 1.80. The number of hydrogen-bond acceptors (Lipinski definition) is 3. The largest absolute Gasteiger partial charge is 0.318 e. The Morgan fingerprint density at radius 2 is 2.23 bits per heavy atom. The second-order valence-electron chi connectivity index (χ2n) is 3.85. The molecule has 1 aromatic rings. The molecule has 0 aliphatic rings.